The molecule has 1 aliphatic rings. The highest BCUT2D eigenvalue weighted by Gasteiger charge is 2.26. The SMILES string of the molecule is CC(C)c1nc(CN2CCC[C@H]2c2ccccc2)co1. The second kappa shape index (κ2) is 5.80. The van der Waals surface area contributed by atoms with Crippen LogP contribution in [0, 0.1) is 0 Å². The molecular formula is C17H22N2O. The van der Waals surface area contributed by atoms with E-state index in [0.717, 1.165) is 24.7 Å². The highest BCUT2D eigenvalue weighted by molar-refractivity contribution is 5.20. The molecule has 1 aromatic carbocycles. The van der Waals surface area contributed by atoms with Gasteiger partial charge in [-0.1, -0.05) is 44.2 Å². The van der Waals surface area contributed by atoms with Gasteiger partial charge in [-0.05, 0) is 24.9 Å². The molecule has 2 heterocycles. The number of oxazole rings is 1. The van der Waals surface area contributed by atoms with E-state index in [1.165, 1.54) is 18.4 Å². The van der Waals surface area contributed by atoms with E-state index >= 15 is 0 Å². The molecule has 3 heteroatoms. The van der Waals surface area contributed by atoms with E-state index in [1.807, 2.05) is 6.26 Å². The first kappa shape index (κ1) is 13.4. The van der Waals surface area contributed by atoms with Crippen LogP contribution in [0.3, 0.4) is 0 Å². The molecule has 0 N–H and O–H groups in total. The molecular weight excluding hydrogens is 248 g/mol. The zero-order valence-electron chi connectivity index (χ0n) is 12.2. The third-order valence-corrected chi connectivity index (χ3v) is 3.98. The maximum Gasteiger partial charge on any atom is 0.196 e. The first-order valence-corrected chi connectivity index (χ1v) is 7.47. The first-order valence-electron chi connectivity index (χ1n) is 7.47. The van der Waals surface area contributed by atoms with Crippen molar-refractivity contribution < 1.29 is 4.42 Å². The van der Waals surface area contributed by atoms with E-state index < -0.39 is 0 Å². The number of hydrogen-bond acceptors (Lipinski definition) is 3. The van der Waals surface area contributed by atoms with Gasteiger partial charge in [0.1, 0.15) is 6.26 Å². The predicted molar refractivity (Wildman–Crippen MR) is 79.4 cm³/mol. The van der Waals surface area contributed by atoms with Gasteiger partial charge in [-0.25, -0.2) is 4.98 Å². The van der Waals surface area contributed by atoms with Crippen LogP contribution in [0.15, 0.2) is 41.0 Å². The van der Waals surface area contributed by atoms with Crippen molar-refractivity contribution in [1.29, 1.82) is 0 Å². The highest BCUT2D eigenvalue weighted by atomic mass is 16.3. The van der Waals surface area contributed by atoms with Gasteiger partial charge in [-0.15, -0.1) is 0 Å². The second-order valence-corrected chi connectivity index (χ2v) is 5.87. The van der Waals surface area contributed by atoms with E-state index in [9.17, 15) is 0 Å². The van der Waals surface area contributed by atoms with Crippen LogP contribution in [-0.4, -0.2) is 16.4 Å². The number of aromatic nitrogens is 1. The van der Waals surface area contributed by atoms with Gasteiger partial charge in [0.25, 0.3) is 0 Å². The van der Waals surface area contributed by atoms with Gasteiger partial charge >= 0.3 is 0 Å². The van der Waals surface area contributed by atoms with Crippen molar-refractivity contribution in [2.45, 2.75) is 45.2 Å². The number of benzene rings is 1. The van der Waals surface area contributed by atoms with Crippen molar-refractivity contribution in [3.8, 4) is 0 Å². The molecule has 3 nitrogen and oxygen atoms in total. The molecule has 0 amide bonds. The van der Waals surface area contributed by atoms with Gasteiger partial charge in [0.2, 0.25) is 0 Å². The van der Waals surface area contributed by atoms with E-state index in [1.54, 1.807) is 0 Å². The zero-order chi connectivity index (χ0) is 13.9. The Morgan fingerprint density at radius 3 is 2.80 bits per heavy atom. The average Bonchev–Trinajstić information content (AvgIpc) is 3.09. The molecule has 0 spiro atoms. The summed E-state index contributed by atoms with van der Waals surface area (Å²) < 4.78 is 5.54. The lowest BCUT2D eigenvalue weighted by molar-refractivity contribution is 0.245. The average molecular weight is 270 g/mol. The molecule has 3 rings (SSSR count). The third kappa shape index (κ3) is 2.78. The van der Waals surface area contributed by atoms with Crippen LogP contribution in [0.1, 0.15) is 55.8 Å². The van der Waals surface area contributed by atoms with Crippen molar-refractivity contribution in [2.75, 3.05) is 6.54 Å². The zero-order valence-corrected chi connectivity index (χ0v) is 12.2. The third-order valence-electron chi connectivity index (χ3n) is 3.98. The number of nitrogens with zero attached hydrogens (tertiary/aromatic N) is 2. The van der Waals surface area contributed by atoms with Gasteiger partial charge in [-0.2, -0.15) is 0 Å². The Labute approximate surface area is 120 Å². The van der Waals surface area contributed by atoms with Crippen LogP contribution in [-0.2, 0) is 6.54 Å². The van der Waals surface area contributed by atoms with Crippen LogP contribution in [0.5, 0.6) is 0 Å². The number of hydrogen-bond donors (Lipinski definition) is 0. The van der Waals surface area contributed by atoms with E-state index in [0.29, 0.717) is 12.0 Å². The minimum atomic E-state index is 0.354. The van der Waals surface area contributed by atoms with Crippen molar-refractivity contribution >= 4 is 0 Å². The largest absolute Gasteiger partial charge is 0.448 e. The van der Waals surface area contributed by atoms with Crippen molar-refractivity contribution in [3.05, 3.63) is 53.7 Å². The summed E-state index contributed by atoms with van der Waals surface area (Å²) >= 11 is 0. The Hall–Kier alpha value is -1.61. The molecule has 0 unspecified atom stereocenters. The smallest absolute Gasteiger partial charge is 0.196 e. The molecule has 20 heavy (non-hydrogen) atoms. The maximum atomic E-state index is 5.54. The molecule has 0 aliphatic carbocycles. The minimum Gasteiger partial charge on any atom is -0.448 e. The van der Waals surface area contributed by atoms with Crippen molar-refractivity contribution in [1.82, 2.24) is 9.88 Å². The molecule has 1 saturated heterocycles. The van der Waals surface area contributed by atoms with Crippen molar-refractivity contribution in [3.63, 3.8) is 0 Å². The Morgan fingerprint density at radius 1 is 1.30 bits per heavy atom. The van der Waals surface area contributed by atoms with Gasteiger partial charge in [0.15, 0.2) is 5.89 Å². The Kier molecular flexibility index (Phi) is 3.88. The van der Waals surface area contributed by atoms with Gasteiger partial charge in [-0.3, -0.25) is 4.90 Å². The molecule has 0 radical (unpaired) electrons. The molecule has 1 fully saturated rings. The highest BCUT2D eigenvalue weighted by Crippen LogP contribution is 2.32. The summed E-state index contributed by atoms with van der Waals surface area (Å²) in [6, 6.07) is 11.3. The van der Waals surface area contributed by atoms with Crippen LogP contribution >= 0.6 is 0 Å². The first-order chi connectivity index (χ1) is 9.74. The lowest BCUT2D eigenvalue weighted by Gasteiger charge is -2.23. The minimum absolute atomic E-state index is 0.354. The summed E-state index contributed by atoms with van der Waals surface area (Å²) in [6.45, 7) is 6.25. The van der Waals surface area contributed by atoms with E-state index in [2.05, 4.69) is 54.1 Å². The van der Waals surface area contributed by atoms with Gasteiger partial charge in [0, 0.05) is 18.5 Å². The fourth-order valence-corrected chi connectivity index (χ4v) is 2.94. The number of rotatable bonds is 4. The standard InChI is InChI=1S/C17H22N2O/c1-13(2)17-18-15(12-20-17)11-19-10-6-9-16(19)14-7-4-3-5-8-14/h3-5,7-8,12-13,16H,6,9-11H2,1-2H3/t16-/m0/s1. The van der Waals surface area contributed by atoms with E-state index in [-0.39, 0.29) is 0 Å². The van der Waals surface area contributed by atoms with E-state index in [4.69, 9.17) is 4.42 Å². The number of likely N-dealkylation sites (tertiary alicyclic amines) is 1. The summed E-state index contributed by atoms with van der Waals surface area (Å²) in [6.07, 6.45) is 4.31. The molecule has 2 aromatic rings. The lowest BCUT2D eigenvalue weighted by Crippen LogP contribution is -2.22. The molecule has 1 aromatic heterocycles. The van der Waals surface area contributed by atoms with Crippen LogP contribution in [0.4, 0.5) is 0 Å². The molecule has 1 atom stereocenters. The molecule has 106 valence electrons. The Balaban J connectivity index is 1.72. The van der Waals surface area contributed by atoms with Crippen LogP contribution in [0.2, 0.25) is 0 Å². The second-order valence-electron chi connectivity index (χ2n) is 5.87. The summed E-state index contributed by atoms with van der Waals surface area (Å²) in [5.74, 6) is 1.20. The molecule has 1 aliphatic heterocycles. The fourth-order valence-electron chi connectivity index (χ4n) is 2.94. The van der Waals surface area contributed by atoms with Crippen molar-refractivity contribution in [2.24, 2.45) is 0 Å². The monoisotopic (exact) mass is 270 g/mol. The van der Waals surface area contributed by atoms with Crippen LogP contribution < -0.4 is 0 Å². The summed E-state index contributed by atoms with van der Waals surface area (Å²) in [5, 5.41) is 0. The molecule has 0 saturated carbocycles. The maximum absolute atomic E-state index is 5.54. The Bertz CT molecular complexity index is 547. The van der Waals surface area contributed by atoms with Gasteiger partial charge < -0.3 is 4.42 Å². The summed E-state index contributed by atoms with van der Waals surface area (Å²) in [4.78, 5) is 7.10. The van der Waals surface area contributed by atoms with Gasteiger partial charge in [0.05, 0.1) is 5.69 Å². The summed E-state index contributed by atoms with van der Waals surface area (Å²) in [5.41, 5.74) is 2.47. The predicted octanol–water partition coefficient (Wildman–Crippen LogP) is 4.14. The fraction of sp³-hybridized carbons (Fsp3) is 0.471. The topological polar surface area (TPSA) is 29.3 Å². The molecule has 0 bridgehead atoms. The normalized spacial score (nSPS) is 19.9. The quantitative estimate of drug-likeness (QED) is 0.836. The van der Waals surface area contributed by atoms with Crippen LogP contribution in [0.25, 0.3) is 0 Å². The Morgan fingerprint density at radius 2 is 2.10 bits per heavy atom. The lowest BCUT2D eigenvalue weighted by atomic mass is 10.0. The summed E-state index contributed by atoms with van der Waals surface area (Å²) in [7, 11) is 0.